The van der Waals surface area contributed by atoms with Gasteiger partial charge in [0, 0.05) is 48.4 Å². The molecule has 28 heavy (non-hydrogen) atoms. The van der Waals surface area contributed by atoms with Gasteiger partial charge in [-0.25, -0.2) is 8.42 Å². The van der Waals surface area contributed by atoms with Crippen molar-refractivity contribution in [3.8, 4) is 0 Å². The lowest BCUT2D eigenvalue weighted by Crippen LogP contribution is -2.31. The van der Waals surface area contributed by atoms with E-state index in [4.69, 9.17) is 0 Å². The number of fused-ring (bicyclic) bond motifs is 3. The molecule has 4 nitrogen and oxygen atoms in total. The summed E-state index contributed by atoms with van der Waals surface area (Å²) in [7, 11) is -1.07. The van der Waals surface area contributed by atoms with Crippen molar-refractivity contribution in [2.24, 2.45) is 0 Å². The summed E-state index contributed by atoms with van der Waals surface area (Å²) >= 11 is 0. The summed E-state index contributed by atoms with van der Waals surface area (Å²) in [6.07, 6.45) is 4.40. The first-order valence-corrected chi connectivity index (χ1v) is 11.8. The molecule has 1 aromatic heterocycles. The van der Waals surface area contributed by atoms with Crippen molar-refractivity contribution in [3.05, 3.63) is 65.4 Å². The summed E-state index contributed by atoms with van der Waals surface area (Å²) < 4.78 is 26.7. The van der Waals surface area contributed by atoms with Gasteiger partial charge in [-0.15, -0.1) is 0 Å². The second kappa shape index (κ2) is 7.37. The van der Waals surface area contributed by atoms with Crippen LogP contribution in [0.3, 0.4) is 0 Å². The predicted octanol–water partition coefficient (Wildman–Crippen LogP) is 4.23. The van der Waals surface area contributed by atoms with Gasteiger partial charge in [0.2, 0.25) is 0 Å². The Morgan fingerprint density at radius 3 is 2.57 bits per heavy atom. The molecular weight excluding hydrogens is 368 g/mol. The quantitative estimate of drug-likeness (QED) is 0.648. The monoisotopic (exact) mass is 396 g/mol. The maximum absolute atomic E-state index is 12.1. The normalized spacial score (nSPS) is 17.8. The maximum Gasteiger partial charge on any atom is 0.175 e. The first kappa shape index (κ1) is 19.2. The highest BCUT2D eigenvalue weighted by Gasteiger charge is 2.28. The van der Waals surface area contributed by atoms with E-state index < -0.39 is 9.84 Å². The van der Waals surface area contributed by atoms with Crippen LogP contribution in [0, 0.1) is 0 Å². The Hall–Kier alpha value is -2.11. The van der Waals surface area contributed by atoms with Crippen molar-refractivity contribution in [3.63, 3.8) is 0 Å². The van der Waals surface area contributed by atoms with E-state index in [-0.39, 0.29) is 6.04 Å². The number of hydrogen-bond donors (Lipinski definition) is 0. The minimum absolute atomic E-state index is 0.288. The van der Waals surface area contributed by atoms with Gasteiger partial charge in [-0.3, -0.25) is 4.90 Å². The topological polar surface area (TPSA) is 42.3 Å². The SMILES string of the molecule is CC1c2c(n(CCCc3ccccc3)c3ccc(S(C)(=O)=O)cc23)CCN1C. The number of hydrogen-bond acceptors (Lipinski definition) is 3. The minimum Gasteiger partial charge on any atom is -0.344 e. The van der Waals surface area contributed by atoms with Crippen LogP contribution in [-0.2, 0) is 29.2 Å². The fraction of sp³-hybridized carbons (Fsp3) is 0.391. The average molecular weight is 397 g/mol. The number of likely N-dealkylation sites (N-methyl/N-ethyl adjacent to an activating group) is 1. The molecule has 2 aromatic carbocycles. The molecule has 4 rings (SSSR count). The molecule has 1 aliphatic rings. The Morgan fingerprint density at radius 2 is 1.86 bits per heavy atom. The molecule has 0 saturated carbocycles. The standard InChI is InChI=1S/C23H28N2O2S/c1-17-23-20-16-19(28(3,26)27)11-12-21(20)25(22(23)13-15-24(17)2)14-7-10-18-8-5-4-6-9-18/h4-6,8-9,11-12,16-17H,7,10,13-15H2,1-3H3. The molecule has 148 valence electrons. The molecule has 5 heteroatoms. The van der Waals surface area contributed by atoms with Gasteiger partial charge in [0.05, 0.1) is 4.90 Å². The van der Waals surface area contributed by atoms with Gasteiger partial charge in [-0.05, 0) is 56.1 Å². The van der Waals surface area contributed by atoms with Crippen LogP contribution >= 0.6 is 0 Å². The molecule has 0 bridgehead atoms. The minimum atomic E-state index is -3.22. The Kier molecular flexibility index (Phi) is 5.06. The summed E-state index contributed by atoms with van der Waals surface area (Å²) in [6, 6.07) is 16.5. The number of rotatable bonds is 5. The molecule has 2 heterocycles. The molecule has 0 radical (unpaired) electrons. The average Bonchev–Trinajstić information content (AvgIpc) is 2.98. The van der Waals surface area contributed by atoms with Crippen LogP contribution in [0.1, 0.15) is 36.2 Å². The summed E-state index contributed by atoms with van der Waals surface area (Å²) in [5.74, 6) is 0. The zero-order valence-electron chi connectivity index (χ0n) is 16.9. The first-order valence-electron chi connectivity index (χ1n) is 9.95. The number of aromatic nitrogens is 1. The van der Waals surface area contributed by atoms with E-state index in [0.717, 1.165) is 43.3 Å². The van der Waals surface area contributed by atoms with Crippen LogP contribution in [0.15, 0.2) is 53.4 Å². The molecule has 0 aliphatic carbocycles. The molecule has 0 fully saturated rings. The summed E-state index contributed by atoms with van der Waals surface area (Å²) in [6.45, 7) is 4.20. The molecule has 0 amide bonds. The van der Waals surface area contributed by atoms with Gasteiger partial charge < -0.3 is 4.57 Å². The molecule has 0 N–H and O–H groups in total. The Labute approximate surface area is 167 Å². The molecule has 1 unspecified atom stereocenters. The van der Waals surface area contributed by atoms with E-state index in [2.05, 4.69) is 53.8 Å². The Balaban J connectivity index is 1.75. The number of aryl methyl sites for hydroxylation is 2. The highest BCUT2D eigenvalue weighted by molar-refractivity contribution is 7.90. The van der Waals surface area contributed by atoms with Crippen LogP contribution in [0.25, 0.3) is 10.9 Å². The van der Waals surface area contributed by atoms with E-state index in [0.29, 0.717) is 4.90 Å². The summed E-state index contributed by atoms with van der Waals surface area (Å²) in [5.41, 5.74) is 5.20. The highest BCUT2D eigenvalue weighted by atomic mass is 32.2. The van der Waals surface area contributed by atoms with E-state index in [1.54, 1.807) is 6.07 Å². The van der Waals surface area contributed by atoms with E-state index in [1.807, 2.05) is 12.1 Å². The second-order valence-corrected chi connectivity index (χ2v) is 9.97. The van der Waals surface area contributed by atoms with Crippen molar-refractivity contribution in [1.29, 1.82) is 0 Å². The highest BCUT2D eigenvalue weighted by Crippen LogP contribution is 2.38. The summed E-state index contributed by atoms with van der Waals surface area (Å²) in [5, 5.41) is 1.09. The second-order valence-electron chi connectivity index (χ2n) is 7.96. The van der Waals surface area contributed by atoms with Crippen LogP contribution in [0.2, 0.25) is 0 Å². The number of nitrogens with zero attached hydrogens (tertiary/aromatic N) is 2. The fourth-order valence-electron chi connectivity index (χ4n) is 4.42. The van der Waals surface area contributed by atoms with E-state index >= 15 is 0 Å². The molecule has 0 saturated heterocycles. The summed E-state index contributed by atoms with van der Waals surface area (Å²) in [4.78, 5) is 2.76. The zero-order chi connectivity index (χ0) is 19.9. The van der Waals surface area contributed by atoms with Gasteiger partial charge in [-0.1, -0.05) is 30.3 Å². The van der Waals surface area contributed by atoms with Crippen molar-refractivity contribution in [2.45, 2.75) is 43.7 Å². The van der Waals surface area contributed by atoms with Gasteiger partial charge in [0.1, 0.15) is 0 Å². The lowest BCUT2D eigenvalue weighted by molar-refractivity contribution is 0.245. The van der Waals surface area contributed by atoms with Crippen molar-refractivity contribution >= 4 is 20.7 Å². The zero-order valence-corrected chi connectivity index (χ0v) is 17.7. The van der Waals surface area contributed by atoms with Crippen LogP contribution in [0.5, 0.6) is 0 Å². The van der Waals surface area contributed by atoms with Crippen molar-refractivity contribution in [2.75, 3.05) is 19.8 Å². The third-order valence-corrected chi connectivity index (χ3v) is 7.19. The maximum atomic E-state index is 12.1. The van der Waals surface area contributed by atoms with Gasteiger partial charge in [0.25, 0.3) is 0 Å². The molecule has 3 aromatic rings. The lowest BCUT2D eigenvalue weighted by Gasteiger charge is -2.31. The van der Waals surface area contributed by atoms with Crippen LogP contribution < -0.4 is 0 Å². The van der Waals surface area contributed by atoms with Gasteiger partial charge >= 0.3 is 0 Å². The van der Waals surface area contributed by atoms with Crippen LogP contribution in [-0.4, -0.2) is 37.7 Å². The van der Waals surface area contributed by atoms with Crippen molar-refractivity contribution in [1.82, 2.24) is 9.47 Å². The largest absolute Gasteiger partial charge is 0.344 e. The van der Waals surface area contributed by atoms with Gasteiger partial charge in [0.15, 0.2) is 9.84 Å². The molecule has 1 aliphatic heterocycles. The fourth-order valence-corrected chi connectivity index (χ4v) is 5.06. The predicted molar refractivity (Wildman–Crippen MR) is 115 cm³/mol. The third-order valence-electron chi connectivity index (χ3n) is 6.08. The van der Waals surface area contributed by atoms with Crippen molar-refractivity contribution < 1.29 is 8.42 Å². The van der Waals surface area contributed by atoms with Crippen LogP contribution in [0.4, 0.5) is 0 Å². The molecular formula is C23H28N2O2S. The smallest absolute Gasteiger partial charge is 0.175 e. The first-order chi connectivity index (χ1) is 13.4. The molecule has 1 atom stereocenters. The van der Waals surface area contributed by atoms with E-state index in [1.165, 1.54) is 23.1 Å². The molecule has 0 spiro atoms. The Morgan fingerprint density at radius 1 is 1.11 bits per heavy atom. The number of sulfone groups is 1. The Bertz CT molecular complexity index is 1100. The lowest BCUT2D eigenvalue weighted by atomic mass is 9.97. The van der Waals surface area contributed by atoms with E-state index in [9.17, 15) is 8.42 Å². The third kappa shape index (κ3) is 3.49. The number of benzene rings is 2. The van der Waals surface area contributed by atoms with Gasteiger partial charge in [-0.2, -0.15) is 0 Å².